The minimum absolute atomic E-state index is 0.172. The highest BCUT2D eigenvalue weighted by molar-refractivity contribution is 5.80. The van der Waals surface area contributed by atoms with Gasteiger partial charge in [0.15, 0.2) is 0 Å². The van der Waals surface area contributed by atoms with E-state index in [-0.39, 0.29) is 5.92 Å². The first-order valence-electron chi connectivity index (χ1n) is 4.67. The Bertz CT molecular complexity index is 189. The summed E-state index contributed by atoms with van der Waals surface area (Å²) in [6.07, 6.45) is 2.33. The lowest BCUT2D eigenvalue weighted by Crippen LogP contribution is -2.45. The lowest BCUT2D eigenvalue weighted by atomic mass is 10.1. The van der Waals surface area contributed by atoms with E-state index in [1.807, 2.05) is 4.90 Å². The first-order chi connectivity index (χ1) is 5.79. The molecule has 2 saturated heterocycles. The van der Waals surface area contributed by atoms with Gasteiger partial charge in [0.2, 0.25) is 5.91 Å². The van der Waals surface area contributed by atoms with E-state index in [9.17, 15) is 4.79 Å². The molecule has 1 amide bonds. The lowest BCUT2D eigenvalue weighted by molar-refractivity contribution is -0.150. The van der Waals surface area contributed by atoms with Crippen molar-refractivity contribution in [3.05, 3.63) is 0 Å². The number of amides is 1. The molecule has 2 fully saturated rings. The lowest BCUT2D eigenvalue weighted by Gasteiger charge is -2.31. The molecule has 0 N–H and O–H groups in total. The average molecular weight is 169 g/mol. The predicted molar refractivity (Wildman–Crippen MR) is 44.7 cm³/mol. The molecule has 0 bridgehead atoms. The summed E-state index contributed by atoms with van der Waals surface area (Å²) in [6, 6.07) is 0.457. The quantitative estimate of drug-likeness (QED) is 0.576. The Morgan fingerprint density at radius 3 is 2.67 bits per heavy atom. The van der Waals surface area contributed by atoms with E-state index in [1.165, 1.54) is 12.8 Å². The van der Waals surface area contributed by atoms with Crippen LogP contribution in [0, 0.1) is 5.92 Å². The second kappa shape index (κ2) is 3.05. The molecule has 3 heteroatoms. The van der Waals surface area contributed by atoms with Crippen LogP contribution < -0.4 is 0 Å². The van der Waals surface area contributed by atoms with Crippen molar-refractivity contribution < 1.29 is 9.53 Å². The highest BCUT2D eigenvalue weighted by atomic mass is 16.5. The molecule has 2 rings (SSSR count). The van der Waals surface area contributed by atoms with Gasteiger partial charge in [-0.05, 0) is 19.8 Å². The molecule has 2 heterocycles. The van der Waals surface area contributed by atoms with E-state index in [1.54, 1.807) is 0 Å². The van der Waals surface area contributed by atoms with Crippen LogP contribution in [0.3, 0.4) is 0 Å². The van der Waals surface area contributed by atoms with Crippen molar-refractivity contribution in [3.63, 3.8) is 0 Å². The minimum atomic E-state index is 0.172. The van der Waals surface area contributed by atoms with E-state index < -0.39 is 0 Å². The Hall–Kier alpha value is -0.570. The summed E-state index contributed by atoms with van der Waals surface area (Å²) in [4.78, 5) is 13.7. The molecule has 68 valence electrons. The second-order valence-corrected chi connectivity index (χ2v) is 3.76. The number of carbonyl (C=O) groups is 1. The van der Waals surface area contributed by atoms with Gasteiger partial charge in [-0.2, -0.15) is 0 Å². The third kappa shape index (κ3) is 1.22. The third-order valence-electron chi connectivity index (χ3n) is 2.82. The van der Waals surface area contributed by atoms with Crippen LogP contribution in [0.4, 0.5) is 0 Å². The molecule has 1 atom stereocenters. The van der Waals surface area contributed by atoms with Gasteiger partial charge in [-0.3, -0.25) is 4.79 Å². The number of carbonyl (C=O) groups excluding carboxylic acids is 1. The van der Waals surface area contributed by atoms with Gasteiger partial charge in [-0.15, -0.1) is 0 Å². The van der Waals surface area contributed by atoms with Crippen molar-refractivity contribution in [1.29, 1.82) is 0 Å². The number of likely N-dealkylation sites (tertiary alicyclic amines) is 1. The van der Waals surface area contributed by atoms with Gasteiger partial charge in [0, 0.05) is 12.6 Å². The molecule has 0 spiro atoms. The molecule has 2 aliphatic rings. The number of hydrogen-bond donors (Lipinski definition) is 0. The maximum absolute atomic E-state index is 11.7. The van der Waals surface area contributed by atoms with Gasteiger partial charge >= 0.3 is 0 Å². The largest absolute Gasteiger partial charge is 0.380 e. The number of nitrogens with zero attached hydrogens (tertiary/aromatic N) is 1. The number of rotatable bonds is 1. The van der Waals surface area contributed by atoms with Crippen LogP contribution >= 0.6 is 0 Å². The van der Waals surface area contributed by atoms with Crippen molar-refractivity contribution in [1.82, 2.24) is 4.90 Å². The molecule has 0 aromatic carbocycles. The molecule has 0 radical (unpaired) electrons. The summed E-state index contributed by atoms with van der Waals surface area (Å²) in [6.45, 7) is 4.37. The Balaban J connectivity index is 1.93. The fraction of sp³-hybridized carbons (Fsp3) is 0.889. The second-order valence-electron chi connectivity index (χ2n) is 3.76. The maximum atomic E-state index is 11.7. The molecule has 12 heavy (non-hydrogen) atoms. The SMILES string of the molecule is CC1CCCN1C(=O)C1COC1. The van der Waals surface area contributed by atoms with Crippen LogP contribution in [0.2, 0.25) is 0 Å². The van der Waals surface area contributed by atoms with Crippen molar-refractivity contribution in [2.24, 2.45) is 5.92 Å². The Morgan fingerprint density at radius 1 is 1.50 bits per heavy atom. The first-order valence-corrected chi connectivity index (χ1v) is 4.67. The fourth-order valence-electron chi connectivity index (χ4n) is 1.87. The maximum Gasteiger partial charge on any atom is 0.230 e. The standard InChI is InChI=1S/C9H15NO2/c1-7-3-2-4-10(7)9(11)8-5-12-6-8/h7-8H,2-6H2,1H3. The monoisotopic (exact) mass is 169 g/mol. The first kappa shape index (κ1) is 8.05. The summed E-state index contributed by atoms with van der Waals surface area (Å²) >= 11 is 0. The summed E-state index contributed by atoms with van der Waals surface area (Å²) < 4.78 is 5.00. The summed E-state index contributed by atoms with van der Waals surface area (Å²) in [5.74, 6) is 0.483. The Morgan fingerprint density at radius 2 is 2.25 bits per heavy atom. The zero-order valence-corrected chi connectivity index (χ0v) is 7.45. The molecule has 1 unspecified atom stereocenters. The highest BCUT2D eigenvalue weighted by Gasteiger charge is 2.34. The number of ether oxygens (including phenoxy) is 1. The van der Waals surface area contributed by atoms with E-state index in [4.69, 9.17) is 4.74 Å². The molecular formula is C9H15NO2. The Kier molecular flexibility index (Phi) is 2.05. The molecule has 0 aromatic heterocycles. The van der Waals surface area contributed by atoms with E-state index in [2.05, 4.69) is 6.92 Å². The van der Waals surface area contributed by atoms with Gasteiger partial charge < -0.3 is 9.64 Å². The smallest absolute Gasteiger partial charge is 0.230 e. The normalized spacial score (nSPS) is 30.4. The minimum Gasteiger partial charge on any atom is -0.380 e. The molecular weight excluding hydrogens is 154 g/mol. The van der Waals surface area contributed by atoms with Crippen LogP contribution in [0.15, 0.2) is 0 Å². The van der Waals surface area contributed by atoms with Crippen LogP contribution in [-0.2, 0) is 9.53 Å². The van der Waals surface area contributed by atoms with Gasteiger partial charge in [-0.25, -0.2) is 0 Å². The van der Waals surface area contributed by atoms with Gasteiger partial charge in [0.05, 0.1) is 19.1 Å². The van der Waals surface area contributed by atoms with Crippen LogP contribution in [0.1, 0.15) is 19.8 Å². The van der Waals surface area contributed by atoms with Crippen molar-refractivity contribution >= 4 is 5.91 Å². The van der Waals surface area contributed by atoms with Crippen LogP contribution in [-0.4, -0.2) is 36.6 Å². The van der Waals surface area contributed by atoms with Gasteiger partial charge in [0.1, 0.15) is 0 Å². The van der Waals surface area contributed by atoms with E-state index in [0.29, 0.717) is 25.2 Å². The fourth-order valence-corrected chi connectivity index (χ4v) is 1.87. The van der Waals surface area contributed by atoms with Gasteiger partial charge in [-0.1, -0.05) is 0 Å². The number of hydrogen-bond acceptors (Lipinski definition) is 2. The molecule has 2 aliphatic heterocycles. The topological polar surface area (TPSA) is 29.5 Å². The zero-order chi connectivity index (χ0) is 8.55. The molecule has 3 nitrogen and oxygen atoms in total. The highest BCUT2D eigenvalue weighted by Crippen LogP contribution is 2.22. The summed E-state index contributed by atoms with van der Waals surface area (Å²) in [5.41, 5.74) is 0. The summed E-state index contributed by atoms with van der Waals surface area (Å²) in [7, 11) is 0. The van der Waals surface area contributed by atoms with E-state index in [0.717, 1.165) is 6.54 Å². The molecule has 0 aliphatic carbocycles. The average Bonchev–Trinajstić information content (AvgIpc) is 2.31. The van der Waals surface area contributed by atoms with Crippen LogP contribution in [0.5, 0.6) is 0 Å². The zero-order valence-electron chi connectivity index (χ0n) is 7.45. The Labute approximate surface area is 72.7 Å². The molecule has 0 saturated carbocycles. The molecule has 0 aromatic rings. The van der Waals surface area contributed by atoms with Crippen molar-refractivity contribution in [2.75, 3.05) is 19.8 Å². The third-order valence-corrected chi connectivity index (χ3v) is 2.82. The van der Waals surface area contributed by atoms with E-state index >= 15 is 0 Å². The summed E-state index contributed by atoms with van der Waals surface area (Å²) in [5, 5.41) is 0. The van der Waals surface area contributed by atoms with Crippen molar-refractivity contribution in [2.45, 2.75) is 25.8 Å². The predicted octanol–water partition coefficient (Wildman–Crippen LogP) is 0.644. The van der Waals surface area contributed by atoms with Crippen molar-refractivity contribution in [3.8, 4) is 0 Å². The van der Waals surface area contributed by atoms with Crippen LogP contribution in [0.25, 0.3) is 0 Å². The van der Waals surface area contributed by atoms with Gasteiger partial charge in [0.25, 0.3) is 0 Å².